The number of aromatic nitrogens is 2. The summed E-state index contributed by atoms with van der Waals surface area (Å²) < 4.78 is 0. The van der Waals surface area contributed by atoms with E-state index in [1.807, 2.05) is 19.9 Å². The van der Waals surface area contributed by atoms with Gasteiger partial charge in [-0.05, 0) is 12.0 Å². The third-order valence-corrected chi connectivity index (χ3v) is 1.66. The minimum Gasteiger partial charge on any atom is -0.321 e. The SMILES string of the molecule is CC(C)c1ccnn(N)/c1=N\N. The molecule has 1 aromatic heterocycles. The predicted octanol–water partition coefficient (Wildman–Crippen LogP) is -0.505. The molecule has 0 aliphatic heterocycles. The van der Waals surface area contributed by atoms with Crippen molar-refractivity contribution in [3.63, 3.8) is 0 Å². The second-order valence-electron chi connectivity index (χ2n) is 2.84. The average molecular weight is 167 g/mol. The lowest BCUT2D eigenvalue weighted by Gasteiger charge is -2.06. The summed E-state index contributed by atoms with van der Waals surface area (Å²) in [4.78, 5) is 1.18. The lowest BCUT2D eigenvalue weighted by molar-refractivity contribution is 0.693. The zero-order valence-corrected chi connectivity index (χ0v) is 7.23. The van der Waals surface area contributed by atoms with Gasteiger partial charge in [0, 0.05) is 11.8 Å². The number of hydrogen-bond acceptors (Lipinski definition) is 4. The highest BCUT2D eigenvalue weighted by molar-refractivity contribution is 5.10. The van der Waals surface area contributed by atoms with E-state index < -0.39 is 0 Å². The second-order valence-corrected chi connectivity index (χ2v) is 2.84. The monoisotopic (exact) mass is 167 g/mol. The summed E-state index contributed by atoms with van der Waals surface area (Å²) in [7, 11) is 0. The third kappa shape index (κ3) is 1.39. The van der Waals surface area contributed by atoms with Crippen molar-refractivity contribution >= 4 is 0 Å². The van der Waals surface area contributed by atoms with E-state index in [0.29, 0.717) is 11.4 Å². The summed E-state index contributed by atoms with van der Waals surface area (Å²) in [5.41, 5.74) is 1.52. The molecule has 0 saturated heterocycles. The molecule has 0 aliphatic carbocycles. The Kier molecular flexibility index (Phi) is 2.32. The zero-order valence-electron chi connectivity index (χ0n) is 7.23. The molecule has 0 amide bonds. The lowest BCUT2D eigenvalue weighted by atomic mass is 10.1. The van der Waals surface area contributed by atoms with E-state index in [2.05, 4.69) is 10.2 Å². The van der Waals surface area contributed by atoms with Gasteiger partial charge in [-0.1, -0.05) is 13.8 Å². The quantitative estimate of drug-likeness (QED) is 0.436. The van der Waals surface area contributed by atoms with Crippen LogP contribution in [0.4, 0.5) is 0 Å². The first-order valence-electron chi connectivity index (χ1n) is 3.74. The Morgan fingerprint density at radius 3 is 2.67 bits per heavy atom. The third-order valence-electron chi connectivity index (χ3n) is 1.66. The average Bonchev–Trinajstić information content (AvgIpc) is 2.03. The Bertz CT molecular complexity index is 325. The normalized spacial score (nSPS) is 12.4. The smallest absolute Gasteiger partial charge is 0.193 e. The van der Waals surface area contributed by atoms with Crippen molar-refractivity contribution in [2.45, 2.75) is 19.8 Å². The lowest BCUT2D eigenvalue weighted by Crippen LogP contribution is -2.34. The largest absolute Gasteiger partial charge is 0.321 e. The summed E-state index contributed by atoms with van der Waals surface area (Å²) in [6, 6.07) is 1.86. The Hall–Kier alpha value is -1.52. The fraction of sp³-hybridized carbons (Fsp3) is 0.429. The van der Waals surface area contributed by atoms with Crippen LogP contribution in [-0.2, 0) is 0 Å². The number of nitrogen functional groups attached to an aromatic ring is 1. The molecule has 1 aromatic rings. The number of nitrogens with two attached hydrogens (primary N) is 2. The second kappa shape index (κ2) is 3.25. The molecule has 1 rings (SSSR count). The molecule has 1 heterocycles. The molecule has 0 aromatic carbocycles. The van der Waals surface area contributed by atoms with Crippen LogP contribution in [0.5, 0.6) is 0 Å². The number of rotatable bonds is 1. The van der Waals surface area contributed by atoms with Crippen molar-refractivity contribution in [3.05, 3.63) is 23.3 Å². The fourth-order valence-corrected chi connectivity index (χ4v) is 1.03. The topological polar surface area (TPSA) is 82.2 Å². The first-order chi connectivity index (χ1) is 5.66. The summed E-state index contributed by atoms with van der Waals surface area (Å²) in [6.07, 6.45) is 1.63. The minimum atomic E-state index is 0.338. The zero-order chi connectivity index (χ0) is 9.14. The van der Waals surface area contributed by atoms with Crippen molar-refractivity contribution in [3.8, 4) is 0 Å². The van der Waals surface area contributed by atoms with Crippen LogP contribution in [0.3, 0.4) is 0 Å². The Labute approximate surface area is 70.7 Å². The highest BCUT2D eigenvalue weighted by Gasteiger charge is 2.03. The van der Waals surface area contributed by atoms with Gasteiger partial charge in [-0.25, -0.2) is 0 Å². The molecule has 0 aliphatic rings. The maximum Gasteiger partial charge on any atom is 0.193 e. The fourth-order valence-electron chi connectivity index (χ4n) is 1.03. The molecule has 5 nitrogen and oxygen atoms in total. The van der Waals surface area contributed by atoms with Gasteiger partial charge in [-0.15, -0.1) is 0 Å². The molecule has 0 radical (unpaired) electrons. The molecule has 5 heteroatoms. The number of nitrogens with zero attached hydrogens (tertiary/aromatic N) is 3. The van der Waals surface area contributed by atoms with Crippen molar-refractivity contribution in [1.29, 1.82) is 0 Å². The van der Waals surface area contributed by atoms with Gasteiger partial charge < -0.3 is 11.7 Å². The predicted molar refractivity (Wildman–Crippen MR) is 46.2 cm³/mol. The molecular formula is C7H13N5. The van der Waals surface area contributed by atoms with E-state index in [1.54, 1.807) is 6.20 Å². The van der Waals surface area contributed by atoms with Gasteiger partial charge in [0.1, 0.15) is 0 Å². The molecule has 12 heavy (non-hydrogen) atoms. The molecule has 66 valence electrons. The van der Waals surface area contributed by atoms with Gasteiger partial charge in [-0.2, -0.15) is 15.0 Å². The van der Waals surface area contributed by atoms with Gasteiger partial charge in [0.15, 0.2) is 5.49 Å². The van der Waals surface area contributed by atoms with Crippen LogP contribution in [0.2, 0.25) is 0 Å². The Morgan fingerprint density at radius 1 is 1.58 bits per heavy atom. The van der Waals surface area contributed by atoms with E-state index >= 15 is 0 Å². The van der Waals surface area contributed by atoms with Crippen LogP contribution in [0, 0.1) is 0 Å². The van der Waals surface area contributed by atoms with Crippen LogP contribution in [0.15, 0.2) is 17.4 Å². The van der Waals surface area contributed by atoms with Crippen LogP contribution < -0.4 is 17.2 Å². The maximum atomic E-state index is 5.50. The van der Waals surface area contributed by atoms with Crippen molar-refractivity contribution in [2.75, 3.05) is 5.84 Å². The van der Waals surface area contributed by atoms with Crippen LogP contribution in [0.25, 0.3) is 0 Å². The molecule has 0 saturated carbocycles. The van der Waals surface area contributed by atoms with E-state index in [-0.39, 0.29) is 0 Å². The van der Waals surface area contributed by atoms with E-state index in [1.165, 1.54) is 4.79 Å². The summed E-state index contributed by atoms with van der Waals surface area (Å²) in [6.45, 7) is 4.09. The molecule has 0 unspecified atom stereocenters. The molecule has 0 bridgehead atoms. The van der Waals surface area contributed by atoms with Gasteiger partial charge in [-0.3, -0.25) is 0 Å². The highest BCUT2D eigenvalue weighted by Crippen LogP contribution is 2.06. The van der Waals surface area contributed by atoms with Gasteiger partial charge >= 0.3 is 0 Å². The maximum absolute atomic E-state index is 5.50. The highest BCUT2D eigenvalue weighted by atomic mass is 15.5. The molecule has 0 spiro atoms. The van der Waals surface area contributed by atoms with Crippen LogP contribution in [-0.4, -0.2) is 9.89 Å². The molecule has 4 N–H and O–H groups in total. The first-order valence-corrected chi connectivity index (χ1v) is 3.74. The van der Waals surface area contributed by atoms with Crippen molar-refractivity contribution < 1.29 is 0 Å². The van der Waals surface area contributed by atoms with E-state index in [0.717, 1.165) is 5.56 Å². The van der Waals surface area contributed by atoms with Crippen LogP contribution in [0.1, 0.15) is 25.3 Å². The Morgan fingerprint density at radius 2 is 2.25 bits per heavy atom. The summed E-state index contributed by atoms with van der Waals surface area (Å²) >= 11 is 0. The van der Waals surface area contributed by atoms with Gasteiger partial charge in [0.2, 0.25) is 0 Å². The van der Waals surface area contributed by atoms with Crippen molar-refractivity contribution in [2.24, 2.45) is 10.9 Å². The minimum absolute atomic E-state index is 0.338. The van der Waals surface area contributed by atoms with Gasteiger partial charge in [0.05, 0.1) is 0 Å². The Balaban J connectivity index is 3.39. The molecular weight excluding hydrogens is 154 g/mol. The summed E-state index contributed by atoms with van der Waals surface area (Å²) in [5.74, 6) is 11.0. The van der Waals surface area contributed by atoms with Crippen molar-refractivity contribution in [1.82, 2.24) is 9.89 Å². The van der Waals surface area contributed by atoms with E-state index in [4.69, 9.17) is 11.7 Å². The van der Waals surface area contributed by atoms with E-state index in [9.17, 15) is 0 Å². The van der Waals surface area contributed by atoms with Crippen LogP contribution >= 0.6 is 0 Å². The molecule has 0 atom stereocenters. The summed E-state index contributed by atoms with van der Waals surface area (Å²) in [5, 5.41) is 7.38. The van der Waals surface area contributed by atoms with Gasteiger partial charge in [0.25, 0.3) is 0 Å². The standard InChI is InChI=1S/C7H13N5/c1-5(2)6-3-4-10-12(9)7(6)11-8/h3-5H,8-9H2,1-2H3/b11-7-. The first kappa shape index (κ1) is 8.58. The molecule has 0 fully saturated rings. The number of hydrogen-bond donors (Lipinski definition) is 2.